The number of aryl methyl sites for hydroxylation is 1. The van der Waals surface area contributed by atoms with Gasteiger partial charge in [0.05, 0.1) is 25.3 Å². The second-order valence-electron chi connectivity index (χ2n) is 8.29. The van der Waals surface area contributed by atoms with Crippen LogP contribution in [0.25, 0.3) is 0 Å². The van der Waals surface area contributed by atoms with Crippen LogP contribution in [0.2, 0.25) is 0 Å². The number of hydrogen-bond acceptors (Lipinski definition) is 4. The van der Waals surface area contributed by atoms with Crippen molar-refractivity contribution in [3.63, 3.8) is 0 Å². The molecule has 2 N–H and O–H groups in total. The average molecular weight is 477 g/mol. The molecule has 0 spiro atoms. The lowest BCUT2D eigenvalue weighted by Crippen LogP contribution is -2.28. The van der Waals surface area contributed by atoms with Crippen LogP contribution in [-0.4, -0.2) is 29.5 Å². The molecule has 1 unspecified atom stereocenters. The van der Waals surface area contributed by atoms with E-state index in [0.717, 1.165) is 43.0 Å². The van der Waals surface area contributed by atoms with E-state index in [9.17, 15) is 9.90 Å². The normalized spacial score (nSPS) is 13.4. The van der Waals surface area contributed by atoms with Crippen LogP contribution in [0.5, 0.6) is 11.5 Å². The van der Waals surface area contributed by atoms with E-state index < -0.39 is 5.97 Å². The Hall–Kier alpha value is -3.43. The van der Waals surface area contributed by atoms with E-state index in [0.29, 0.717) is 6.61 Å². The van der Waals surface area contributed by atoms with Gasteiger partial charge in [0.2, 0.25) is 0 Å². The lowest BCUT2D eigenvalue weighted by Gasteiger charge is -2.32. The molecule has 1 atom stereocenters. The van der Waals surface area contributed by atoms with E-state index in [4.69, 9.17) is 9.47 Å². The quantitative estimate of drug-likeness (QED) is 0.311. The minimum absolute atomic E-state index is 0.104. The number of aliphatic hydroxyl groups excluding tert-OH is 1. The van der Waals surface area contributed by atoms with Crippen molar-refractivity contribution in [3.8, 4) is 23.3 Å². The highest BCUT2D eigenvalue weighted by atomic mass is 32.1. The number of para-hydroxylation sites is 1. The molecule has 0 amide bonds. The van der Waals surface area contributed by atoms with Gasteiger partial charge in [0.25, 0.3) is 0 Å². The van der Waals surface area contributed by atoms with Gasteiger partial charge in [-0.15, -0.1) is 17.3 Å². The van der Waals surface area contributed by atoms with Crippen molar-refractivity contribution in [1.82, 2.24) is 0 Å². The molecule has 2 heterocycles. The summed E-state index contributed by atoms with van der Waals surface area (Å²) in [7, 11) is 1.74. The Kier molecular flexibility index (Phi) is 7.76. The predicted molar refractivity (Wildman–Crippen MR) is 138 cm³/mol. The van der Waals surface area contributed by atoms with Crippen LogP contribution in [0.15, 0.2) is 54.6 Å². The number of anilines is 1. The fraction of sp³-hybridized carbons (Fsp3) is 0.321. The van der Waals surface area contributed by atoms with Crippen molar-refractivity contribution in [3.05, 3.63) is 75.5 Å². The second-order valence-corrected chi connectivity index (χ2v) is 9.54. The molecule has 6 heteroatoms. The van der Waals surface area contributed by atoms with E-state index in [1.54, 1.807) is 25.4 Å². The molecule has 0 bridgehead atoms. The highest BCUT2D eigenvalue weighted by molar-refractivity contribution is 7.11. The van der Waals surface area contributed by atoms with Crippen LogP contribution < -0.4 is 14.4 Å². The minimum Gasteiger partial charge on any atom is -0.495 e. The number of fused-ring (bicyclic) bond motifs is 1. The molecule has 1 aliphatic heterocycles. The van der Waals surface area contributed by atoms with E-state index in [1.165, 1.54) is 21.0 Å². The summed E-state index contributed by atoms with van der Waals surface area (Å²) in [6, 6.07) is 18.3. The van der Waals surface area contributed by atoms with E-state index in [1.807, 2.05) is 30.3 Å². The second kappa shape index (κ2) is 11.1. The summed E-state index contributed by atoms with van der Waals surface area (Å²) in [6.45, 7) is 4.14. The standard InChI is InChI=1S/C28H29NO4S/c1-3-6-22(17-27(30)31)20-10-12-23(13-11-20)33-19-25-15-14-24(34-25)18-29-16-5-8-21-7-4-9-26(32-2)28(21)29/h4,7,9-15,22H,5,8,16-19H2,1-2H3,(H,30,31)/p+1. The number of aliphatic carboxylic acids is 1. The molecule has 1 aliphatic rings. The number of ether oxygens (including phenoxy) is 2. The van der Waals surface area contributed by atoms with Gasteiger partial charge in [0, 0.05) is 16.3 Å². The Bertz CT molecular complexity index is 1170. The van der Waals surface area contributed by atoms with E-state index in [-0.39, 0.29) is 12.3 Å². The summed E-state index contributed by atoms with van der Waals surface area (Å²) >= 11 is 1.77. The molecule has 3 aromatic rings. The van der Waals surface area contributed by atoms with Crippen molar-refractivity contribution in [1.29, 1.82) is 0 Å². The van der Waals surface area contributed by atoms with Crippen molar-refractivity contribution >= 4 is 23.0 Å². The van der Waals surface area contributed by atoms with Crippen LogP contribution >= 0.6 is 11.3 Å². The van der Waals surface area contributed by atoms with Crippen LogP contribution in [-0.2, 0) is 19.6 Å². The number of carboxylic acids is 1. The van der Waals surface area contributed by atoms with Gasteiger partial charge in [-0.25, -0.2) is 0 Å². The number of rotatable bonds is 9. The van der Waals surface area contributed by atoms with Gasteiger partial charge in [0.1, 0.15) is 24.5 Å². The Balaban J connectivity index is 1.37. The van der Waals surface area contributed by atoms with Crippen molar-refractivity contribution in [2.24, 2.45) is 0 Å². The number of benzene rings is 2. The van der Waals surface area contributed by atoms with E-state index >= 15 is 0 Å². The Morgan fingerprint density at radius 2 is 1.94 bits per heavy atom. The molecule has 1 aromatic heterocycles. The summed E-state index contributed by atoms with van der Waals surface area (Å²) in [5.41, 5.74) is 3.51. The molecule has 2 aromatic carbocycles. The Labute approximate surface area is 205 Å². The zero-order valence-corrected chi connectivity index (χ0v) is 20.4. The van der Waals surface area contributed by atoms with Gasteiger partial charge < -0.3 is 24.3 Å². The lowest BCUT2D eigenvalue weighted by atomic mass is 9.96. The van der Waals surface area contributed by atoms with Gasteiger partial charge in [-0.3, -0.25) is 0 Å². The first-order valence-electron chi connectivity index (χ1n) is 11.4. The summed E-state index contributed by atoms with van der Waals surface area (Å²) < 4.78 is 11.6. The SMILES string of the molecule is CC#CC(CC(O)=[OH+])c1ccc(OCc2ccc(CN3CCCc4cccc(OC)c43)s2)cc1. The topological polar surface area (TPSA) is 63.3 Å². The number of thiophene rings is 1. The van der Waals surface area contributed by atoms with Crippen molar-refractivity contribution < 1.29 is 19.4 Å². The number of methoxy groups -OCH3 is 1. The maximum absolute atomic E-state index is 9.23. The predicted octanol–water partition coefficient (Wildman–Crippen LogP) is 5.85. The highest BCUT2D eigenvalue weighted by Crippen LogP contribution is 2.37. The van der Waals surface area contributed by atoms with Crippen LogP contribution in [0.1, 0.15) is 46.6 Å². The monoisotopic (exact) mass is 476 g/mol. The van der Waals surface area contributed by atoms with Crippen LogP contribution in [0.4, 0.5) is 5.69 Å². The molecule has 0 saturated heterocycles. The Morgan fingerprint density at radius 1 is 1.15 bits per heavy atom. The van der Waals surface area contributed by atoms with Gasteiger partial charge in [-0.2, -0.15) is 0 Å². The summed E-state index contributed by atoms with van der Waals surface area (Å²) in [5.74, 6) is 6.73. The molecule has 4 rings (SSSR count). The molecule has 0 aliphatic carbocycles. The average Bonchev–Trinajstić information content (AvgIpc) is 3.29. The van der Waals surface area contributed by atoms with Crippen molar-refractivity contribution in [2.45, 2.75) is 45.3 Å². The molecular formula is C28H30NO4S+. The first-order chi connectivity index (χ1) is 16.6. The molecular weight excluding hydrogens is 446 g/mol. The molecule has 176 valence electrons. The highest BCUT2D eigenvalue weighted by Gasteiger charge is 2.21. The third-order valence-electron chi connectivity index (χ3n) is 5.93. The maximum Gasteiger partial charge on any atom is 0.482 e. The molecule has 0 saturated carbocycles. The molecule has 5 nitrogen and oxygen atoms in total. The Morgan fingerprint density at radius 3 is 2.68 bits per heavy atom. The molecule has 34 heavy (non-hydrogen) atoms. The van der Waals surface area contributed by atoms with Crippen molar-refractivity contribution in [2.75, 3.05) is 18.6 Å². The largest absolute Gasteiger partial charge is 0.495 e. The number of hydrogen-bond donors (Lipinski definition) is 1. The summed E-state index contributed by atoms with van der Waals surface area (Å²) in [6.07, 6.45) is 2.35. The number of carboxylic acid groups (broad SMARTS) is 1. The van der Waals surface area contributed by atoms with E-state index in [2.05, 4.69) is 41.0 Å². The zero-order valence-electron chi connectivity index (χ0n) is 19.6. The van der Waals surface area contributed by atoms with Gasteiger partial charge in [-0.05, 0) is 61.2 Å². The first-order valence-corrected chi connectivity index (χ1v) is 12.3. The first kappa shape index (κ1) is 23.7. The molecule has 0 fully saturated rings. The van der Waals surface area contributed by atoms with Gasteiger partial charge in [-0.1, -0.05) is 30.2 Å². The fourth-order valence-corrected chi connectivity index (χ4v) is 5.30. The third-order valence-corrected chi connectivity index (χ3v) is 6.97. The van der Waals surface area contributed by atoms with Gasteiger partial charge in [0.15, 0.2) is 0 Å². The minimum atomic E-state index is -0.604. The smallest absolute Gasteiger partial charge is 0.482 e. The van der Waals surface area contributed by atoms with Gasteiger partial charge >= 0.3 is 5.97 Å². The van der Waals surface area contributed by atoms with Crippen LogP contribution in [0, 0.1) is 11.8 Å². The summed E-state index contributed by atoms with van der Waals surface area (Å²) in [4.78, 5) is 14.1. The van der Waals surface area contributed by atoms with Crippen LogP contribution in [0.3, 0.4) is 0 Å². The summed E-state index contributed by atoms with van der Waals surface area (Å²) in [5, 5.41) is 9.23. The maximum atomic E-state index is 9.23. The molecule has 0 radical (unpaired) electrons. The number of nitrogens with zero attached hydrogens (tertiary/aromatic N) is 1. The lowest BCUT2D eigenvalue weighted by molar-refractivity contribution is 0.309. The zero-order chi connectivity index (χ0) is 23.9. The fourth-order valence-electron chi connectivity index (χ4n) is 4.36. The third kappa shape index (κ3) is 5.73.